The Morgan fingerprint density at radius 3 is 1.43 bits per heavy atom. The van der Waals surface area contributed by atoms with E-state index in [1.807, 2.05) is 60.7 Å². The largest absolute Gasteiger partial charge is 0.325 e. The Morgan fingerprint density at radius 1 is 0.650 bits per heavy atom. The Labute approximate surface area is 241 Å². The van der Waals surface area contributed by atoms with Gasteiger partial charge in [0.25, 0.3) is 0 Å². The van der Waals surface area contributed by atoms with Crippen molar-refractivity contribution in [2.24, 2.45) is 0 Å². The quantitative estimate of drug-likeness (QED) is 0.270. The number of urea groups is 1. The van der Waals surface area contributed by atoms with Gasteiger partial charge in [-0.05, 0) is 47.2 Å². The van der Waals surface area contributed by atoms with Crippen molar-refractivity contribution in [3.8, 4) is 23.7 Å². The number of anilines is 4. The van der Waals surface area contributed by atoms with Gasteiger partial charge in [0.2, 0.25) is 11.8 Å². The van der Waals surface area contributed by atoms with Crippen LogP contribution in [0.1, 0.15) is 25.0 Å². The van der Waals surface area contributed by atoms with E-state index in [2.05, 4.69) is 34.3 Å². The number of rotatable bonds is 6. The summed E-state index contributed by atoms with van der Waals surface area (Å²) in [5.41, 5.74) is 2.82. The summed E-state index contributed by atoms with van der Waals surface area (Å²) in [7, 11) is 0. The minimum absolute atomic E-state index is 0.171. The van der Waals surface area contributed by atoms with Gasteiger partial charge in [-0.2, -0.15) is 0 Å². The van der Waals surface area contributed by atoms with E-state index < -0.39 is 6.03 Å². The van der Waals surface area contributed by atoms with Crippen molar-refractivity contribution < 1.29 is 14.4 Å². The fraction of sp³-hybridized carbons (Fsp3) is 0.129. The third-order valence-corrected chi connectivity index (χ3v) is 7.21. The van der Waals surface area contributed by atoms with Gasteiger partial charge in [0, 0.05) is 25.0 Å². The summed E-state index contributed by atoms with van der Waals surface area (Å²) >= 11 is 2.59. The first-order chi connectivity index (χ1) is 19.4. The highest BCUT2D eigenvalue weighted by Gasteiger charge is 2.20. The number of thiophene rings is 2. The number of carbonyl (C=O) groups is 3. The SMILES string of the molecule is CC(=O)N(CC#Cc1ccccc1)c1ccsc1NC(=O)Nc1sccc1N(CC#Cc1ccccc1)C(C)=O. The predicted octanol–water partition coefficient (Wildman–Crippen LogP) is 6.26. The first kappa shape index (κ1) is 28.2. The Hall–Kier alpha value is -4.83. The molecule has 4 aromatic rings. The van der Waals surface area contributed by atoms with E-state index in [1.54, 1.807) is 22.9 Å². The maximum atomic E-state index is 13.0. The molecule has 0 atom stereocenters. The van der Waals surface area contributed by atoms with Gasteiger partial charge in [-0.25, -0.2) is 4.79 Å². The molecule has 0 fully saturated rings. The summed E-state index contributed by atoms with van der Waals surface area (Å²) in [5.74, 6) is 11.8. The molecule has 2 heterocycles. The Kier molecular flexibility index (Phi) is 9.73. The fourth-order valence-corrected chi connectivity index (χ4v) is 5.24. The highest BCUT2D eigenvalue weighted by molar-refractivity contribution is 7.15. The van der Waals surface area contributed by atoms with Crippen molar-refractivity contribution in [2.45, 2.75) is 13.8 Å². The van der Waals surface area contributed by atoms with Crippen LogP contribution in [-0.2, 0) is 9.59 Å². The van der Waals surface area contributed by atoms with Crippen LogP contribution in [0.2, 0.25) is 0 Å². The molecule has 0 saturated heterocycles. The summed E-state index contributed by atoms with van der Waals surface area (Å²) in [6, 6.07) is 22.1. The second-order valence-electron chi connectivity index (χ2n) is 8.39. The highest BCUT2D eigenvalue weighted by Crippen LogP contribution is 2.34. The topological polar surface area (TPSA) is 81.8 Å². The van der Waals surface area contributed by atoms with E-state index in [1.165, 1.54) is 46.3 Å². The molecular weight excluding hydrogens is 541 g/mol. The number of benzene rings is 2. The zero-order valence-electron chi connectivity index (χ0n) is 21.9. The Morgan fingerprint density at radius 2 is 1.05 bits per heavy atom. The number of nitrogens with zero attached hydrogens (tertiary/aromatic N) is 2. The molecular formula is C31H26N4O3S2. The van der Waals surface area contributed by atoms with Crippen LogP contribution in [0, 0.1) is 23.7 Å². The van der Waals surface area contributed by atoms with E-state index in [0.717, 1.165) is 11.1 Å². The van der Waals surface area contributed by atoms with Crippen molar-refractivity contribution in [2.75, 3.05) is 33.5 Å². The van der Waals surface area contributed by atoms with Gasteiger partial charge in [-0.15, -0.1) is 22.7 Å². The number of amides is 4. The van der Waals surface area contributed by atoms with Gasteiger partial charge in [-0.3, -0.25) is 30.0 Å². The van der Waals surface area contributed by atoms with Crippen LogP contribution in [0.5, 0.6) is 0 Å². The summed E-state index contributed by atoms with van der Waals surface area (Å²) < 4.78 is 0. The van der Waals surface area contributed by atoms with Crippen molar-refractivity contribution >= 4 is 61.9 Å². The lowest BCUT2D eigenvalue weighted by Crippen LogP contribution is -2.31. The van der Waals surface area contributed by atoms with Crippen LogP contribution >= 0.6 is 22.7 Å². The predicted molar refractivity (Wildman–Crippen MR) is 164 cm³/mol. The molecule has 0 aliphatic carbocycles. The number of hydrogen-bond acceptors (Lipinski definition) is 5. The normalized spacial score (nSPS) is 9.85. The molecule has 4 amide bonds. The number of carbonyl (C=O) groups excluding carboxylic acids is 3. The molecule has 0 unspecified atom stereocenters. The second-order valence-corrected chi connectivity index (χ2v) is 10.2. The van der Waals surface area contributed by atoms with Gasteiger partial charge in [-0.1, -0.05) is 60.1 Å². The van der Waals surface area contributed by atoms with Gasteiger partial charge < -0.3 is 0 Å². The summed E-state index contributed by atoms with van der Waals surface area (Å²) in [6.45, 7) is 3.26. The molecule has 2 aromatic carbocycles. The average molecular weight is 567 g/mol. The summed E-state index contributed by atoms with van der Waals surface area (Å²) in [6.07, 6.45) is 0. The fourth-order valence-electron chi connectivity index (χ4n) is 3.67. The van der Waals surface area contributed by atoms with E-state index in [4.69, 9.17) is 0 Å². The van der Waals surface area contributed by atoms with E-state index in [-0.39, 0.29) is 24.9 Å². The molecule has 0 aliphatic heterocycles. The molecule has 40 heavy (non-hydrogen) atoms. The molecule has 200 valence electrons. The monoisotopic (exact) mass is 566 g/mol. The molecule has 0 radical (unpaired) electrons. The minimum Gasteiger partial charge on any atom is -0.298 e. The van der Waals surface area contributed by atoms with E-state index >= 15 is 0 Å². The molecule has 0 spiro atoms. The Balaban J connectivity index is 1.45. The van der Waals surface area contributed by atoms with E-state index in [9.17, 15) is 14.4 Å². The summed E-state index contributed by atoms with van der Waals surface area (Å²) in [4.78, 5) is 40.9. The molecule has 0 saturated carbocycles. The molecule has 2 aromatic heterocycles. The third kappa shape index (κ3) is 7.61. The number of nitrogens with one attached hydrogen (secondary N) is 2. The van der Waals surface area contributed by atoms with Crippen molar-refractivity contribution in [3.05, 3.63) is 94.7 Å². The molecule has 4 rings (SSSR count). The van der Waals surface area contributed by atoms with Crippen LogP contribution in [0.3, 0.4) is 0 Å². The maximum absolute atomic E-state index is 13.0. The molecule has 9 heteroatoms. The van der Waals surface area contributed by atoms with Crippen LogP contribution in [0.15, 0.2) is 83.6 Å². The van der Waals surface area contributed by atoms with E-state index in [0.29, 0.717) is 21.4 Å². The lowest BCUT2D eigenvalue weighted by molar-refractivity contribution is -0.117. The molecule has 0 bridgehead atoms. The Bertz CT molecular complexity index is 1490. The second kappa shape index (κ2) is 13.8. The lowest BCUT2D eigenvalue weighted by Gasteiger charge is -2.20. The average Bonchev–Trinajstić information content (AvgIpc) is 3.59. The first-order valence-corrected chi connectivity index (χ1v) is 14.1. The van der Waals surface area contributed by atoms with Crippen molar-refractivity contribution in [1.29, 1.82) is 0 Å². The van der Waals surface area contributed by atoms with Crippen molar-refractivity contribution in [1.82, 2.24) is 0 Å². The summed E-state index contributed by atoms with van der Waals surface area (Å²) in [5, 5.41) is 10.3. The first-order valence-electron chi connectivity index (χ1n) is 12.3. The number of hydrogen-bond donors (Lipinski definition) is 2. The standard InChI is InChI=1S/C31H26N4O3S2/c1-23(36)34(19-9-15-25-11-5-3-6-12-25)27-17-21-39-29(27)32-31(38)33-30-28(18-22-40-30)35(24(2)37)20-10-16-26-13-7-4-8-14-26/h3-8,11-14,17-18,21-22H,19-20H2,1-2H3,(H2,32,33,38). The smallest absolute Gasteiger partial charge is 0.298 e. The van der Waals surface area contributed by atoms with Crippen LogP contribution in [0.25, 0.3) is 0 Å². The van der Waals surface area contributed by atoms with Crippen LogP contribution < -0.4 is 20.4 Å². The van der Waals surface area contributed by atoms with Gasteiger partial charge in [0.05, 0.1) is 24.5 Å². The lowest BCUT2D eigenvalue weighted by atomic mass is 10.2. The van der Waals surface area contributed by atoms with Gasteiger partial charge in [0.15, 0.2) is 0 Å². The molecule has 2 N–H and O–H groups in total. The molecule has 0 aliphatic rings. The maximum Gasteiger partial charge on any atom is 0.325 e. The van der Waals surface area contributed by atoms with Crippen molar-refractivity contribution in [3.63, 3.8) is 0 Å². The van der Waals surface area contributed by atoms with Crippen LogP contribution in [-0.4, -0.2) is 30.9 Å². The third-order valence-electron chi connectivity index (χ3n) is 5.57. The molecule has 7 nitrogen and oxygen atoms in total. The zero-order chi connectivity index (χ0) is 28.3. The zero-order valence-corrected chi connectivity index (χ0v) is 23.6. The van der Waals surface area contributed by atoms with Gasteiger partial charge >= 0.3 is 6.03 Å². The van der Waals surface area contributed by atoms with Crippen LogP contribution in [0.4, 0.5) is 26.2 Å². The highest BCUT2D eigenvalue weighted by atomic mass is 32.1. The van der Waals surface area contributed by atoms with Gasteiger partial charge in [0.1, 0.15) is 10.0 Å². The minimum atomic E-state index is -0.495.